The van der Waals surface area contributed by atoms with Crippen LogP contribution in [0.15, 0.2) is 4.79 Å². The molecule has 0 bridgehead atoms. The fourth-order valence-corrected chi connectivity index (χ4v) is 3.92. The Morgan fingerprint density at radius 2 is 1.86 bits per heavy atom. The Bertz CT molecular complexity index is 701. The van der Waals surface area contributed by atoms with E-state index >= 15 is 0 Å². The van der Waals surface area contributed by atoms with E-state index in [0.717, 1.165) is 36.9 Å². The standard InChI is InChI=1S/C17H20N2O2/c1-17(2)7-12-15(13(20)8-17)14(10-5-3-4-6-10)11(9-18)16(21)19-12/h10H,3-8H2,1-2H3,(H,19,21). The molecule has 4 heteroatoms. The Morgan fingerprint density at radius 3 is 2.48 bits per heavy atom. The van der Waals surface area contributed by atoms with Crippen molar-refractivity contribution >= 4 is 5.78 Å². The smallest absolute Gasteiger partial charge is 0.266 e. The molecule has 1 aromatic heterocycles. The molecule has 2 aliphatic rings. The third-order valence-corrected chi connectivity index (χ3v) is 4.78. The number of aromatic amines is 1. The first-order valence-electron chi connectivity index (χ1n) is 7.65. The minimum absolute atomic E-state index is 0.0795. The van der Waals surface area contributed by atoms with Gasteiger partial charge in [0.15, 0.2) is 5.78 Å². The van der Waals surface area contributed by atoms with Gasteiger partial charge in [-0.15, -0.1) is 0 Å². The fraction of sp³-hybridized carbons (Fsp3) is 0.588. The van der Waals surface area contributed by atoms with E-state index in [9.17, 15) is 14.9 Å². The van der Waals surface area contributed by atoms with Crippen molar-refractivity contribution in [1.29, 1.82) is 5.26 Å². The SMILES string of the molecule is CC1(C)CC(=O)c2c([nH]c(=O)c(C#N)c2C2CCCC2)C1. The Balaban J connectivity index is 2.27. The van der Waals surface area contributed by atoms with Gasteiger partial charge < -0.3 is 4.98 Å². The van der Waals surface area contributed by atoms with E-state index in [1.165, 1.54) is 0 Å². The minimum atomic E-state index is -0.330. The summed E-state index contributed by atoms with van der Waals surface area (Å²) < 4.78 is 0. The zero-order chi connectivity index (χ0) is 15.2. The van der Waals surface area contributed by atoms with Gasteiger partial charge in [0.1, 0.15) is 11.6 Å². The quantitative estimate of drug-likeness (QED) is 0.861. The van der Waals surface area contributed by atoms with Crippen LogP contribution < -0.4 is 5.56 Å². The van der Waals surface area contributed by atoms with E-state index < -0.39 is 0 Å². The van der Waals surface area contributed by atoms with Crippen LogP contribution in [-0.2, 0) is 6.42 Å². The molecule has 4 nitrogen and oxygen atoms in total. The average molecular weight is 284 g/mol. The van der Waals surface area contributed by atoms with E-state index in [0.29, 0.717) is 18.4 Å². The van der Waals surface area contributed by atoms with Crippen molar-refractivity contribution in [3.8, 4) is 6.07 Å². The summed E-state index contributed by atoms with van der Waals surface area (Å²) in [6, 6.07) is 2.04. The Kier molecular flexibility index (Phi) is 3.24. The maximum Gasteiger partial charge on any atom is 0.266 e. The first-order chi connectivity index (χ1) is 9.93. The highest BCUT2D eigenvalue weighted by molar-refractivity contribution is 6.00. The molecule has 1 aromatic rings. The third kappa shape index (κ3) is 2.31. The molecule has 1 heterocycles. The van der Waals surface area contributed by atoms with Crippen LogP contribution in [0.5, 0.6) is 0 Å². The van der Waals surface area contributed by atoms with Crippen molar-refractivity contribution < 1.29 is 4.79 Å². The zero-order valence-corrected chi connectivity index (χ0v) is 12.6. The van der Waals surface area contributed by atoms with Crippen molar-refractivity contribution in [2.75, 3.05) is 0 Å². The van der Waals surface area contributed by atoms with E-state index in [4.69, 9.17) is 0 Å². The van der Waals surface area contributed by atoms with Gasteiger partial charge in [0.2, 0.25) is 0 Å². The number of rotatable bonds is 1. The molecule has 0 spiro atoms. The fourth-order valence-electron chi connectivity index (χ4n) is 3.92. The van der Waals surface area contributed by atoms with Gasteiger partial charge >= 0.3 is 0 Å². The second-order valence-corrected chi connectivity index (χ2v) is 7.13. The minimum Gasteiger partial charge on any atom is -0.324 e. The van der Waals surface area contributed by atoms with Crippen molar-refractivity contribution in [3.05, 3.63) is 32.7 Å². The molecule has 0 saturated heterocycles. The second-order valence-electron chi connectivity index (χ2n) is 7.13. The van der Waals surface area contributed by atoms with Gasteiger partial charge in [0.25, 0.3) is 5.56 Å². The number of pyridine rings is 1. The molecule has 21 heavy (non-hydrogen) atoms. The third-order valence-electron chi connectivity index (χ3n) is 4.78. The molecule has 0 amide bonds. The van der Waals surface area contributed by atoms with Crippen LogP contribution in [0, 0.1) is 16.7 Å². The normalized spacial score (nSPS) is 21.1. The van der Waals surface area contributed by atoms with Crippen LogP contribution >= 0.6 is 0 Å². The topological polar surface area (TPSA) is 73.7 Å². The first-order valence-corrected chi connectivity index (χ1v) is 7.65. The Labute approximate surface area is 124 Å². The van der Waals surface area contributed by atoms with E-state index in [1.807, 2.05) is 19.9 Å². The lowest BCUT2D eigenvalue weighted by molar-refractivity contribution is 0.0908. The number of hydrogen-bond donors (Lipinski definition) is 1. The first kappa shape index (κ1) is 14.1. The number of aromatic nitrogens is 1. The summed E-state index contributed by atoms with van der Waals surface area (Å²) in [6.45, 7) is 4.08. The molecular weight excluding hydrogens is 264 g/mol. The second kappa shape index (κ2) is 4.84. The number of nitriles is 1. The highest BCUT2D eigenvalue weighted by Crippen LogP contribution is 2.41. The van der Waals surface area contributed by atoms with Crippen LogP contribution in [0.2, 0.25) is 0 Å². The van der Waals surface area contributed by atoms with Crippen molar-refractivity contribution in [2.24, 2.45) is 5.41 Å². The number of hydrogen-bond acceptors (Lipinski definition) is 3. The number of fused-ring (bicyclic) bond motifs is 1. The number of H-pyrrole nitrogens is 1. The lowest BCUT2D eigenvalue weighted by atomic mass is 9.72. The van der Waals surface area contributed by atoms with Crippen molar-refractivity contribution in [2.45, 2.75) is 58.3 Å². The summed E-state index contributed by atoms with van der Waals surface area (Å²) in [5.41, 5.74) is 1.83. The lowest BCUT2D eigenvalue weighted by Crippen LogP contribution is -2.33. The number of nitrogens with zero attached hydrogens (tertiary/aromatic N) is 1. The lowest BCUT2D eigenvalue weighted by Gasteiger charge is -2.32. The molecule has 0 unspecified atom stereocenters. The average Bonchev–Trinajstić information content (AvgIpc) is 2.88. The molecule has 1 saturated carbocycles. The van der Waals surface area contributed by atoms with E-state index in [-0.39, 0.29) is 28.2 Å². The Hall–Kier alpha value is -1.89. The van der Waals surface area contributed by atoms with Crippen LogP contribution in [0.1, 0.15) is 79.0 Å². The number of carbonyl (C=O) groups is 1. The molecule has 1 N–H and O–H groups in total. The summed E-state index contributed by atoms with van der Waals surface area (Å²) in [5, 5.41) is 9.37. The van der Waals surface area contributed by atoms with Gasteiger partial charge in [-0.3, -0.25) is 9.59 Å². The summed E-state index contributed by atoms with van der Waals surface area (Å²) in [6.07, 6.45) is 5.33. The highest BCUT2D eigenvalue weighted by atomic mass is 16.1. The predicted octanol–water partition coefficient (Wildman–Crippen LogP) is 3.06. The number of ketones is 1. The predicted molar refractivity (Wildman–Crippen MR) is 79.4 cm³/mol. The van der Waals surface area contributed by atoms with E-state index in [2.05, 4.69) is 4.98 Å². The number of carbonyl (C=O) groups excluding carboxylic acids is 1. The van der Waals surface area contributed by atoms with Gasteiger partial charge in [-0.2, -0.15) is 5.26 Å². The highest BCUT2D eigenvalue weighted by Gasteiger charge is 2.37. The largest absolute Gasteiger partial charge is 0.324 e. The van der Waals surface area contributed by atoms with Crippen LogP contribution in [0.4, 0.5) is 0 Å². The van der Waals surface area contributed by atoms with Gasteiger partial charge in [-0.05, 0) is 36.2 Å². The Morgan fingerprint density at radius 1 is 1.19 bits per heavy atom. The molecule has 2 aliphatic carbocycles. The summed E-state index contributed by atoms with van der Waals surface area (Å²) in [4.78, 5) is 27.7. The maximum absolute atomic E-state index is 12.6. The molecule has 0 aromatic carbocycles. The monoisotopic (exact) mass is 284 g/mol. The van der Waals surface area contributed by atoms with Gasteiger partial charge in [0, 0.05) is 17.7 Å². The molecule has 110 valence electrons. The van der Waals surface area contributed by atoms with Gasteiger partial charge in [-0.25, -0.2) is 0 Å². The van der Waals surface area contributed by atoms with Crippen LogP contribution in [0.25, 0.3) is 0 Å². The molecular formula is C17H20N2O2. The molecule has 1 fully saturated rings. The van der Waals surface area contributed by atoms with E-state index in [1.54, 1.807) is 0 Å². The van der Waals surface area contributed by atoms with Crippen LogP contribution in [0.3, 0.4) is 0 Å². The van der Waals surface area contributed by atoms with Gasteiger partial charge in [0.05, 0.1) is 0 Å². The van der Waals surface area contributed by atoms with Crippen LogP contribution in [-0.4, -0.2) is 10.8 Å². The zero-order valence-electron chi connectivity index (χ0n) is 12.6. The molecule has 3 rings (SSSR count). The molecule has 0 atom stereocenters. The summed E-state index contributed by atoms with van der Waals surface area (Å²) >= 11 is 0. The summed E-state index contributed by atoms with van der Waals surface area (Å²) in [7, 11) is 0. The van der Waals surface area contributed by atoms with Gasteiger partial charge in [-0.1, -0.05) is 26.7 Å². The number of nitrogens with one attached hydrogen (secondary N) is 1. The maximum atomic E-state index is 12.6. The van der Waals surface area contributed by atoms with Crippen molar-refractivity contribution in [1.82, 2.24) is 4.98 Å². The molecule has 0 radical (unpaired) electrons. The summed E-state index contributed by atoms with van der Waals surface area (Å²) in [5.74, 6) is 0.275. The molecule has 0 aliphatic heterocycles. The van der Waals surface area contributed by atoms with Crippen molar-refractivity contribution in [3.63, 3.8) is 0 Å². The number of Topliss-reactive ketones (excluding diaryl/α,β-unsaturated/α-hetero) is 1.